The molecule has 1 aromatic heterocycles. The molecule has 0 fully saturated rings. The van der Waals surface area contributed by atoms with E-state index in [1.54, 1.807) is 0 Å². The number of furan rings is 1. The van der Waals surface area contributed by atoms with Gasteiger partial charge < -0.3 is 14.8 Å². The highest BCUT2D eigenvalue weighted by Gasteiger charge is 2.21. The van der Waals surface area contributed by atoms with Crippen molar-refractivity contribution >= 4 is 28.9 Å². The zero-order chi connectivity index (χ0) is 14.0. The van der Waals surface area contributed by atoms with Crippen LogP contribution in [0.1, 0.15) is 10.6 Å². The molecule has 1 aromatic carbocycles. The van der Waals surface area contributed by atoms with E-state index in [0.29, 0.717) is 0 Å². The molecule has 0 saturated carbocycles. The minimum absolute atomic E-state index is 0.0110. The second kappa shape index (κ2) is 4.99. The number of hydrogen-bond acceptors (Lipinski definition) is 5. The second-order valence-corrected chi connectivity index (χ2v) is 3.86. The van der Waals surface area contributed by atoms with Crippen LogP contribution >= 0.6 is 11.6 Å². The second-order valence-electron chi connectivity index (χ2n) is 3.49. The van der Waals surface area contributed by atoms with Gasteiger partial charge in [-0.3, -0.25) is 14.9 Å². The lowest BCUT2D eigenvalue weighted by Crippen LogP contribution is -2.12. The van der Waals surface area contributed by atoms with Gasteiger partial charge in [0.05, 0.1) is 4.92 Å². The summed E-state index contributed by atoms with van der Waals surface area (Å²) in [7, 11) is 0. The third-order valence-electron chi connectivity index (χ3n) is 2.25. The fraction of sp³-hybridized carbons (Fsp3) is 0. The Kier molecular flexibility index (Phi) is 3.39. The number of nitrogens with one attached hydrogen (secondary N) is 1. The van der Waals surface area contributed by atoms with E-state index in [4.69, 9.17) is 16.0 Å². The van der Waals surface area contributed by atoms with Crippen molar-refractivity contribution in [1.29, 1.82) is 0 Å². The van der Waals surface area contributed by atoms with Gasteiger partial charge in [0.1, 0.15) is 5.75 Å². The largest absolute Gasteiger partial charge is 0.505 e. The number of aromatic hydroxyl groups is 1. The van der Waals surface area contributed by atoms with Crippen molar-refractivity contribution < 1.29 is 19.2 Å². The van der Waals surface area contributed by atoms with Crippen molar-refractivity contribution in [3.05, 3.63) is 51.4 Å². The zero-order valence-corrected chi connectivity index (χ0v) is 10.0. The smallest absolute Gasteiger partial charge is 0.296 e. The Morgan fingerprint density at radius 1 is 1.37 bits per heavy atom. The van der Waals surface area contributed by atoms with E-state index in [9.17, 15) is 20.0 Å². The monoisotopic (exact) mass is 282 g/mol. The average Bonchev–Trinajstić information content (AvgIpc) is 2.78. The Bertz CT molecular complexity index is 652. The molecule has 0 saturated heterocycles. The van der Waals surface area contributed by atoms with Crippen LogP contribution < -0.4 is 5.32 Å². The van der Waals surface area contributed by atoms with Gasteiger partial charge in [0, 0.05) is 6.07 Å². The highest BCUT2D eigenvalue weighted by atomic mass is 35.5. The number of nitro benzene ring substituents is 1. The fourth-order valence-corrected chi connectivity index (χ4v) is 1.57. The number of nitrogens with zero attached hydrogens (tertiary/aromatic N) is 1. The number of rotatable bonds is 3. The first kappa shape index (κ1) is 12.9. The molecular formula is C11H7ClN2O5. The highest BCUT2D eigenvalue weighted by Crippen LogP contribution is 2.33. The molecule has 0 spiro atoms. The predicted octanol–water partition coefficient (Wildman–Crippen LogP) is 2.80. The number of hydrogen-bond donors (Lipinski definition) is 2. The van der Waals surface area contributed by atoms with Gasteiger partial charge in [-0.2, -0.15) is 0 Å². The van der Waals surface area contributed by atoms with E-state index < -0.39 is 22.3 Å². The fourth-order valence-electron chi connectivity index (χ4n) is 1.42. The van der Waals surface area contributed by atoms with Crippen molar-refractivity contribution in [2.45, 2.75) is 0 Å². The summed E-state index contributed by atoms with van der Waals surface area (Å²) in [6.45, 7) is 0. The molecule has 1 heterocycles. The SMILES string of the molecule is O=C(Nc1c(O)cccc1[N+](=O)[O-])c1ccc(Cl)o1. The third-order valence-corrected chi connectivity index (χ3v) is 2.46. The maximum atomic E-state index is 11.8. The minimum atomic E-state index is -0.753. The number of phenolic OH excluding ortho intramolecular Hbond substituents is 1. The molecule has 0 aliphatic heterocycles. The number of nitro groups is 1. The molecule has 98 valence electrons. The number of benzene rings is 1. The standard InChI is InChI=1S/C11H7ClN2O5/c12-9-5-4-8(19-9)11(16)13-10-6(14(17)18)2-1-3-7(10)15/h1-5,15H,(H,13,16). The van der Waals surface area contributed by atoms with Gasteiger partial charge in [0.25, 0.3) is 11.6 Å². The summed E-state index contributed by atoms with van der Waals surface area (Å²) in [5.41, 5.74) is -0.726. The molecule has 2 rings (SSSR count). The molecule has 1 amide bonds. The van der Waals surface area contributed by atoms with Gasteiger partial charge in [-0.05, 0) is 29.8 Å². The first-order valence-corrected chi connectivity index (χ1v) is 5.40. The Hall–Kier alpha value is -2.54. The molecule has 0 radical (unpaired) electrons. The number of phenols is 1. The first-order chi connectivity index (χ1) is 8.99. The lowest BCUT2D eigenvalue weighted by molar-refractivity contribution is -0.384. The van der Waals surface area contributed by atoms with Crippen molar-refractivity contribution in [1.82, 2.24) is 0 Å². The third kappa shape index (κ3) is 2.66. The van der Waals surface area contributed by atoms with Crippen LogP contribution in [0.15, 0.2) is 34.7 Å². The summed E-state index contributed by atoms with van der Waals surface area (Å²) in [6.07, 6.45) is 0. The Labute approximate surface area is 111 Å². The summed E-state index contributed by atoms with van der Waals surface area (Å²) >= 11 is 5.52. The maximum absolute atomic E-state index is 11.8. The number of para-hydroxylation sites is 1. The molecule has 2 aromatic rings. The molecule has 19 heavy (non-hydrogen) atoms. The molecule has 0 atom stereocenters. The van der Waals surface area contributed by atoms with E-state index in [1.807, 2.05) is 0 Å². The van der Waals surface area contributed by atoms with Gasteiger partial charge in [-0.25, -0.2) is 0 Å². The molecule has 0 aliphatic carbocycles. The van der Waals surface area contributed by atoms with Gasteiger partial charge in [0.2, 0.25) is 0 Å². The van der Waals surface area contributed by atoms with E-state index in [1.165, 1.54) is 24.3 Å². The van der Waals surface area contributed by atoms with Crippen LogP contribution in [0.3, 0.4) is 0 Å². The lowest BCUT2D eigenvalue weighted by atomic mass is 10.2. The van der Waals surface area contributed by atoms with Crippen LogP contribution in [0.25, 0.3) is 0 Å². The van der Waals surface area contributed by atoms with E-state index in [2.05, 4.69) is 5.32 Å². The summed E-state index contributed by atoms with van der Waals surface area (Å²) in [6, 6.07) is 6.34. The van der Waals surface area contributed by atoms with Gasteiger partial charge in [0.15, 0.2) is 16.7 Å². The molecule has 7 nitrogen and oxygen atoms in total. The summed E-state index contributed by atoms with van der Waals surface area (Å²) in [5, 5.41) is 22.6. The van der Waals surface area contributed by atoms with Gasteiger partial charge in [-0.15, -0.1) is 0 Å². The van der Waals surface area contributed by atoms with Crippen LogP contribution in [0.2, 0.25) is 5.22 Å². The molecule has 2 N–H and O–H groups in total. The molecule has 0 bridgehead atoms. The van der Waals surface area contributed by atoms with Crippen LogP contribution in [0.5, 0.6) is 5.75 Å². The van der Waals surface area contributed by atoms with Gasteiger partial charge >= 0.3 is 0 Å². The quantitative estimate of drug-likeness (QED) is 0.511. The highest BCUT2D eigenvalue weighted by molar-refractivity contribution is 6.29. The van der Waals surface area contributed by atoms with Crippen molar-refractivity contribution in [2.75, 3.05) is 5.32 Å². The Balaban J connectivity index is 2.33. The molecular weight excluding hydrogens is 276 g/mol. The van der Waals surface area contributed by atoms with E-state index in [0.717, 1.165) is 6.07 Å². The van der Waals surface area contributed by atoms with Crippen LogP contribution in [-0.4, -0.2) is 15.9 Å². The van der Waals surface area contributed by atoms with E-state index >= 15 is 0 Å². The lowest BCUT2D eigenvalue weighted by Gasteiger charge is -2.06. The topological polar surface area (TPSA) is 106 Å². The van der Waals surface area contributed by atoms with Crippen LogP contribution in [0, 0.1) is 10.1 Å². The van der Waals surface area contributed by atoms with Crippen molar-refractivity contribution in [3.63, 3.8) is 0 Å². The van der Waals surface area contributed by atoms with Crippen molar-refractivity contribution in [2.24, 2.45) is 0 Å². The Morgan fingerprint density at radius 3 is 2.68 bits per heavy atom. The first-order valence-electron chi connectivity index (χ1n) is 5.02. The number of carbonyl (C=O) groups is 1. The zero-order valence-electron chi connectivity index (χ0n) is 9.29. The number of halogens is 1. The van der Waals surface area contributed by atoms with Crippen molar-refractivity contribution in [3.8, 4) is 5.75 Å². The normalized spacial score (nSPS) is 10.2. The summed E-state index contributed by atoms with van der Waals surface area (Å²) < 4.78 is 4.86. The maximum Gasteiger partial charge on any atom is 0.296 e. The average molecular weight is 283 g/mol. The van der Waals surface area contributed by atoms with E-state index in [-0.39, 0.29) is 16.7 Å². The van der Waals surface area contributed by atoms with Crippen LogP contribution in [0.4, 0.5) is 11.4 Å². The van der Waals surface area contributed by atoms with Crippen LogP contribution in [-0.2, 0) is 0 Å². The Morgan fingerprint density at radius 2 is 2.11 bits per heavy atom. The summed E-state index contributed by atoms with van der Waals surface area (Å²) in [4.78, 5) is 21.8. The number of carbonyl (C=O) groups excluding carboxylic acids is 1. The predicted molar refractivity (Wildman–Crippen MR) is 66.4 cm³/mol. The molecule has 0 unspecified atom stereocenters. The summed E-state index contributed by atoms with van der Waals surface area (Å²) in [5.74, 6) is -1.29. The van der Waals surface area contributed by atoms with Gasteiger partial charge in [-0.1, -0.05) is 6.07 Å². The number of amides is 1. The molecule has 8 heteroatoms. The molecule has 0 aliphatic rings. The number of anilines is 1. The minimum Gasteiger partial charge on any atom is -0.505 e.